The Morgan fingerprint density at radius 3 is 2.95 bits per heavy atom. The van der Waals surface area contributed by atoms with Gasteiger partial charge in [-0.05, 0) is 29.7 Å². The molecule has 0 spiro atoms. The molecule has 2 aliphatic heterocycles. The van der Waals surface area contributed by atoms with Gasteiger partial charge in [-0.15, -0.1) is 0 Å². The quantitative estimate of drug-likeness (QED) is 0.692. The van der Waals surface area contributed by atoms with Gasteiger partial charge in [0.05, 0.1) is 12.5 Å². The van der Waals surface area contributed by atoms with Crippen molar-refractivity contribution in [3.8, 4) is 5.75 Å². The Morgan fingerprint density at radius 1 is 1.33 bits per heavy atom. The fraction of sp³-hybridized carbons (Fsp3) is 0.467. The van der Waals surface area contributed by atoms with E-state index in [0.29, 0.717) is 25.1 Å². The first-order valence-corrected chi connectivity index (χ1v) is 7.12. The van der Waals surface area contributed by atoms with Crippen LogP contribution >= 0.6 is 0 Å². The lowest BCUT2D eigenvalue weighted by atomic mass is 9.87. The number of carbonyl (C=O) groups excluding carboxylic acids is 2. The lowest BCUT2D eigenvalue weighted by Crippen LogP contribution is -2.44. The van der Waals surface area contributed by atoms with Gasteiger partial charge in [0.15, 0.2) is 0 Å². The zero-order valence-electron chi connectivity index (χ0n) is 11.6. The molecule has 6 heteroatoms. The third-order valence-electron chi connectivity index (χ3n) is 4.01. The molecule has 1 saturated heterocycles. The maximum absolute atomic E-state index is 12.0. The third-order valence-corrected chi connectivity index (χ3v) is 4.01. The zero-order valence-corrected chi connectivity index (χ0v) is 11.6. The van der Waals surface area contributed by atoms with Gasteiger partial charge < -0.3 is 15.2 Å². The van der Waals surface area contributed by atoms with Crippen LogP contribution in [0.3, 0.4) is 0 Å². The number of aliphatic hydroxyl groups is 1. The number of rotatable bonds is 4. The smallest absolute Gasteiger partial charge is 0.231 e. The number of piperidine rings is 1. The normalized spacial score (nSPS) is 24.6. The molecular formula is C15H18N2O4. The number of amides is 2. The average molecular weight is 290 g/mol. The van der Waals surface area contributed by atoms with E-state index in [9.17, 15) is 9.59 Å². The van der Waals surface area contributed by atoms with Crippen molar-refractivity contribution in [3.05, 3.63) is 29.3 Å². The SMILES string of the molecule is O=C1CCC(C2NCc3cc(OCCO)ccc32)C(=O)N1. The van der Waals surface area contributed by atoms with Gasteiger partial charge in [0.2, 0.25) is 11.8 Å². The van der Waals surface area contributed by atoms with Crippen LogP contribution in [-0.2, 0) is 16.1 Å². The fourth-order valence-electron chi connectivity index (χ4n) is 3.01. The number of ether oxygens (including phenoxy) is 1. The molecule has 2 atom stereocenters. The molecular weight excluding hydrogens is 272 g/mol. The van der Waals surface area contributed by atoms with Gasteiger partial charge in [0, 0.05) is 19.0 Å². The Morgan fingerprint density at radius 2 is 2.19 bits per heavy atom. The molecule has 0 saturated carbocycles. The maximum atomic E-state index is 12.0. The maximum Gasteiger partial charge on any atom is 0.231 e. The Balaban J connectivity index is 1.77. The molecule has 21 heavy (non-hydrogen) atoms. The van der Waals surface area contributed by atoms with Crippen LogP contribution in [0.25, 0.3) is 0 Å². The van der Waals surface area contributed by atoms with Crippen LogP contribution in [0.2, 0.25) is 0 Å². The van der Waals surface area contributed by atoms with Crippen LogP contribution < -0.4 is 15.4 Å². The largest absolute Gasteiger partial charge is 0.491 e. The summed E-state index contributed by atoms with van der Waals surface area (Å²) in [5.41, 5.74) is 2.18. The first-order valence-electron chi connectivity index (χ1n) is 7.12. The molecule has 2 heterocycles. The minimum Gasteiger partial charge on any atom is -0.491 e. The lowest BCUT2D eigenvalue weighted by Gasteiger charge is -2.26. The number of nitrogens with one attached hydrogen (secondary N) is 2. The van der Waals surface area contributed by atoms with Crippen molar-refractivity contribution < 1.29 is 19.4 Å². The molecule has 3 rings (SSSR count). The van der Waals surface area contributed by atoms with Crippen LogP contribution in [0.5, 0.6) is 5.75 Å². The van der Waals surface area contributed by atoms with Crippen molar-refractivity contribution in [2.75, 3.05) is 13.2 Å². The summed E-state index contributed by atoms with van der Waals surface area (Å²) in [7, 11) is 0. The molecule has 2 unspecified atom stereocenters. The number of carbonyl (C=O) groups is 2. The first kappa shape index (κ1) is 14.0. The summed E-state index contributed by atoms with van der Waals surface area (Å²) >= 11 is 0. The van der Waals surface area contributed by atoms with Gasteiger partial charge in [0.25, 0.3) is 0 Å². The number of imide groups is 1. The molecule has 2 amide bonds. The summed E-state index contributed by atoms with van der Waals surface area (Å²) in [6.45, 7) is 0.922. The molecule has 1 fully saturated rings. The Hall–Kier alpha value is -1.92. The van der Waals surface area contributed by atoms with E-state index in [-0.39, 0.29) is 37.0 Å². The number of hydrogen-bond acceptors (Lipinski definition) is 5. The molecule has 3 N–H and O–H groups in total. The minimum absolute atomic E-state index is 0.0196. The summed E-state index contributed by atoms with van der Waals surface area (Å²) in [6, 6.07) is 5.68. The summed E-state index contributed by atoms with van der Waals surface area (Å²) in [6.07, 6.45) is 0.964. The van der Waals surface area contributed by atoms with Crippen molar-refractivity contribution in [3.63, 3.8) is 0 Å². The number of fused-ring (bicyclic) bond motifs is 1. The summed E-state index contributed by atoms with van der Waals surface area (Å²) in [5, 5.41) is 14.5. The van der Waals surface area contributed by atoms with Crippen LogP contribution in [0, 0.1) is 5.92 Å². The van der Waals surface area contributed by atoms with E-state index < -0.39 is 0 Å². The van der Waals surface area contributed by atoms with E-state index >= 15 is 0 Å². The predicted octanol–water partition coefficient (Wildman–Crippen LogP) is 0.255. The Kier molecular flexibility index (Phi) is 3.90. The highest BCUT2D eigenvalue weighted by molar-refractivity contribution is 5.99. The van der Waals surface area contributed by atoms with Crippen LogP contribution in [-0.4, -0.2) is 30.1 Å². The van der Waals surface area contributed by atoms with Gasteiger partial charge in [-0.2, -0.15) is 0 Å². The van der Waals surface area contributed by atoms with Gasteiger partial charge in [-0.3, -0.25) is 14.9 Å². The molecule has 1 aromatic carbocycles. The lowest BCUT2D eigenvalue weighted by molar-refractivity contribution is -0.137. The zero-order chi connectivity index (χ0) is 14.8. The number of hydrogen-bond donors (Lipinski definition) is 3. The summed E-state index contributed by atoms with van der Waals surface area (Å²) in [5.74, 6) is 0.112. The molecule has 0 aromatic heterocycles. The second kappa shape index (κ2) is 5.83. The second-order valence-electron chi connectivity index (χ2n) is 5.35. The molecule has 1 aromatic rings. The van der Waals surface area contributed by atoms with E-state index in [1.807, 2.05) is 18.2 Å². The first-order chi connectivity index (χ1) is 10.2. The molecule has 0 bridgehead atoms. The minimum atomic E-state index is -0.215. The van der Waals surface area contributed by atoms with Crippen molar-refractivity contribution in [2.45, 2.75) is 25.4 Å². The predicted molar refractivity (Wildman–Crippen MR) is 74.5 cm³/mol. The highest BCUT2D eigenvalue weighted by atomic mass is 16.5. The Labute approximate surface area is 122 Å². The number of aliphatic hydroxyl groups excluding tert-OH is 1. The highest BCUT2D eigenvalue weighted by Crippen LogP contribution is 2.36. The van der Waals surface area contributed by atoms with Crippen LogP contribution in [0.4, 0.5) is 0 Å². The van der Waals surface area contributed by atoms with Gasteiger partial charge in [0.1, 0.15) is 12.4 Å². The standard InChI is InChI=1S/C15H18N2O4/c18-5-6-21-10-1-2-11-9(7-10)8-16-14(11)12-3-4-13(19)17-15(12)20/h1-2,7,12,14,16,18H,3-6,8H2,(H,17,19,20). The fourth-order valence-corrected chi connectivity index (χ4v) is 3.01. The van der Waals surface area contributed by atoms with Gasteiger partial charge in [-0.1, -0.05) is 6.07 Å². The third kappa shape index (κ3) is 2.77. The van der Waals surface area contributed by atoms with E-state index in [2.05, 4.69) is 10.6 Å². The van der Waals surface area contributed by atoms with Crippen molar-refractivity contribution >= 4 is 11.8 Å². The highest BCUT2D eigenvalue weighted by Gasteiger charge is 2.37. The summed E-state index contributed by atoms with van der Waals surface area (Å²) in [4.78, 5) is 23.2. The molecule has 6 nitrogen and oxygen atoms in total. The van der Waals surface area contributed by atoms with E-state index in [0.717, 1.165) is 11.1 Å². The van der Waals surface area contributed by atoms with Crippen LogP contribution in [0.1, 0.15) is 30.0 Å². The van der Waals surface area contributed by atoms with E-state index in [4.69, 9.17) is 9.84 Å². The molecule has 112 valence electrons. The molecule has 0 radical (unpaired) electrons. The van der Waals surface area contributed by atoms with Crippen molar-refractivity contribution in [1.82, 2.24) is 10.6 Å². The van der Waals surface area contributed by atoms with E-state index in [1.54, 1.807) is 0 Å². The van der Waals surface area contributed by atoms with Crippen LogP contribution in [0.15, 0.2) is 18.2 Å². The van der Waals surface area contributed by atoms with Crippen molar-refractivity contribution in [1.29, 1.82) is 0 Å². The van der Waals surface area contributed by atoms with Gasteiger partial charge >= 0.3 is 0 Å². The summed E-state index contributed by atoms with van der Waals surface area (Å²) < 4.78 is 5.39. The van der Waals surface area contributed by atoms with Crippen molar-refractivity contribution in [2.24, 2.45) is 5.92 Å². The molecule has 2 aliphatic rings. The topological polar surface area (TPSA) is 87.7 Å². The number of benzene rings is 1. The second-order valence-corrected chi connectivity index (χ2v) is 5.35. The molecule has 0 aliphatic carbocycles. The van der Waals surface area contributed by atoms with E-state index in [1.165, 1.54) is 0 Å². The Bertz CT molecular complexity index is 573. The monoisotopic (exact) mass is 290 g/mol. The van der Waals surface area contributed by atoms with Gasteiger partial charge in [-0.25, -0.2) is 0 Å². The average Bonchev–Trinajstić information content (AvgIpc) is 2.88.